The zero-order valence-electron chi connectivity index (χ0n) is 12.3. The van der Waals surface area contributed by atoms with Crippen molar-refractivity contribution in [2.45, 2.75) is 32.2 Å². The van der Waals surface area contributed by atoms with Gasteiger partial charge in [-0.3, -0.25) is 4.79 Å². The summed E-state index contributed by atoms with van der Waals surface area (Å²) in [5.41, 5.74) is 1.68. The number of hydrogen-bond donors (Lipinski definition) is 3. The van der Waals surface area contributed by atoms with Crippen LogP contribution in [0.25, 0.3) is 11.0 Å². The lowest BCUT2D eigenvalue weighted by atomic mass is 9.98. The van der Waals surface area contributed by atoms with Gasteiger partial charge in [0.1, 0.15) is 5.58 Å². The van der Waals surface area contributed by atoms with Crippen molar-refractivity contribution in [2.75, 3.05) is 13.2 Å². The number of carbonyl (C=O) groups is 1. The summed E-state index contributed by atoms with van der Waals surface area (Å²) in [5, 5.41) is 22.3. The third-order valence-electron chi connectivity index (χ3n) is 3.85. The van der Waals surface area contributed by atoms with Gasteiger partial charge in [-0.25, -0.2) is 0 Å². The van der Waals surface area contributed by atoms with Crippen LogP contribution in [0.3, 0.4) is 0 Å². The van der Waals surface area contributed by atoms with Crippen LogP contribution in [0.5, 0.6) is 0 Å². The van der Waals surface area contributed by atoms with Crippen molar-refractivity contribution in [1.29, 1.82) is 0 Å². The highest BCUT2D eigenvalue weighted by molar-refractivity contribution is 5.88. The van der Waals surface area contributed by atoms with E-state index in [9.17, 15) is 15.0 Å². The molecular weight excluding hydrogens is 270 g/mol. The molecule has 5 heteroatoms. The number of aliphatic hydroxyl groups is 2. The Bertz CT molecular complexity index is 620. The summed E-state index contributed by atoms with van der Waals surface area (Å²) in [6.45, 7) is 3.20. The van der Waals surface area contributed by atoms with Gasteiger partial charge in [0.05, 0.1) is 31.4 Å². The second-order valence-corrected chi connectivity index (χ2v) is 5.44. The zero-order valence-corrected chi connectivity index (χ0v) is 12.3. The minimum absolute atomic E-state index is 0.151. The standard InChI is InChI=1S/C16H21NO4/c1-3-16(9-18,10-19)17-15(20)7-12-8-21-14-6-11(2)4-5-13(12)14/h4-6,8,18-19H,3,7,9-10H2,1-2H3,(H,17,20). The fourth-order valence-corrected chi connectivity index (χ4v) is 2.28. The lowest BCUT2D eigenvalue weighted by Gasteiger charge is -2.29. The smallest absolute Gasteiger partial charge is 0.225 e. The van der Waals surface area contributed by atoms with Crippen molar-refractivity contribution in [3.8, 4) is 0 Å². The molecule has 0 aliphatic heterocycles. The van der Waals surface area contributed by atoms with Crippen LogP contribution >= 0.6 is 0 Å². The summed E-state index contributed by atoms with van der Waals surface area (Å²) in [7, 11) is 0. The van der Waals surface area contributed by atoms with E-state index in [0.29, 0.717) is 6.42 Å². The molecule has 0 radical (unpaired) electrons. The third-order valence-corrected chi connectivity index (χ3v) is 3.85. The number of nitrogens with one attached hydrogen (secondary N) is 1. The maximum Gasteiger partial charge on any atom is 0.225 e. The van der Waals surface area contributed by atoms with Crippen LogP contribution in [0, 0.1) is 6.92 Å². The highest BCUT2D eigenvalue weighted by atomic mass is 16.3. The Morgan fingerprint density at radius 1 is 1.33 bits per heavy atom. The summed E-state index contributed by atoms with van der Waals surface area (Å²) in [6.07, 6.45) is 2.18. The molecule has 0 aliphatic carbocycles. The lowest BCUT2D eigenvalue weighted by molar-refractivity contribution is -0.123. The lowest BCUT2D eigenvalue weighted by Crippen LogP contribution is -2.54. The molecule has 0 fully saturated rings. The Labute approximate surface area is 123 Å². The van der Waals surface area contributed by atoms with Crippen molar-refractivity contribution in [1.82, 2.24) is 5.32 Å². The Hall–Kier alpha value is -1.85. The molecule has 0 unspecified atom stereocenters. The minimum atomic E-state index is -0.965. The van der Waals surface area contributed by atoms with Gasteiger partial charge in [-0.05, 0) is 25.0 Å². The van der Waals surface area contributed by atoms with Crippen LogP contribution in [-0.2, 0) is 11.2 Å². The fraction of sp³-hybridized carbons (Fsp3) is 0.438. The van der Waals surface area contributed by atoms with E-state index >= 15 is 0 Å². The molecule has 1 aromatic carbocycles. The number of benzene rings is 1. The Morgan fingerprint density at radius 3 is 2.67 bits per heavy atom. The SMILES string of the molecule is CCC(CO)(CO)NC(=O)Cc1coc2cc(C)ccc12. The number of furan rings is 1. The molecule has 1 amide bonds. The summed E-state index contributed by atoms with van der Waals surface area (Å²) >= 11 is 0. The number of rotatable bonds is 6. The molecule has 2 aromatic rings. The maximum absolute atomic E-state index is 12.1. The first kappa shape index (κ1) is 15.5. The molecule has 3 N–H and O–H groups in total. The molecule has 0 spiro atoms. The first-order valence-corrected chi connectivity index (χ1v) is 7.03. The molecule has 0 saturated heterocycles. The molecule has 1 aromatic heterocycles. The molecule has 21 heavy (non-hydrogen) atoms. The topological polar surface area (TPSA) is 82.7 Å². The van der Waals surface area contributed by atoms with Crippen LogP contribution in [-0.4, -0.2) is 34.9 Å². The van der Waals surface area contributed by atoms with Crippen molar-refractivity contribution < 1.29 is 19.4 Å². The molecule has 114 valence electrons. The van der Waals surface area contributed by atoms with Crippen LogP contribution in [0.1, 0.15) is 24.5 Å². The quantitative estimate of drug-likeness (QED) is 0.754. The minimum Gasteiger partial charge on any atom is -0.464 e. The number of hydrogen-bond acceptors (Lipinski definition) is 4. The van der Waals surface area contributed by atoms with Crippen LogP contribution in [0.15, 0.2) is 28.9 Å². The van der Waals surface area contributed by atoms with E-state index in [1.54, 1.807) is 6.26 Å². The van der Waals surface area contributed by atoms with Crippen LogP contribution in [0.4, 0.5) is 0 Å². The molecule has 0 saturated carbocycles. The summed E-state index contributed by atoms with van der Waals surface area (Å²) in [6, 6.07) is 5.83. The highest BCUT2D eigenvalue weighted by Gasteiger charge is 2.28. The molecule has 5 nitrogen and oxygen atoms in total. The Kier molecular flexibility index (Phi) is 4.65. The number of aryl methyl sites for hydroxylation is 1. The largest absolute Gasteiger partial charge is 0.464 e. The second-order valence-electron chi connectivity index (χ2n) is 5.44. The average molecular weight is 291 g/mol. The zero-order chi connectivity index (χ0) is 15.5. The average Bonchev–Trinajstić information content (AvgIpc) is 2.87. The van der Waals surface area contributed by atoms with E-state index in [1.807, 2.05) is 32.0 Å². The normalized spacial score (nSPS) is 11.8. The number of aliphatic hydroxyl groups excluding tert-OH is 2. The fourth-order valence-electron chi connectivity index (χ4n) is 2.28. The first-order valence-electron chi connectivity index (χ1n) is 7.03. The van der Waals surface area contributed by atoms with E-state index in [1.165, 1.54) is 0 Å². The summed E-state index contributed by atoms with van der Waals surface area (Å²) in [4.78, 5) is 12.1. The van der Waals surface area contributed by atoms with Gasteiger partial charge >= 0.3 is 0 Å². The van der Waals surface area contributed by atoms with Gasteiger partial charge in [0.25, 0.3) is 0 Å². The number of fused-ring (bicyclic) bond motifs is 1. The number of carbonyl (C=O) groups excluding carboxylic acids is 1. The molecule has 0 atom stereocenters. The monoisotopic (exact) mass is 291 g/mol. The first-order chi connectivity index (χ1) is 10.0. The highest BCUT2D eigenvalue weighted by Crippen LogP contribution is 2.23. The van der Waals surface area contributed by atoms with Gasteiger partial charge in [0, 0.05) is 10.9 Å². The predicted molar refractivity (Wildman–Crippen MR) is 80.0 cm³/mol. The van der Waals surface area contributed by atoms with Crippen LogP contribution in [0.2, 0.25) is 0 Å². The summed E-state index contributed by atoms with van der Waals surface area (Å²) < 4.78 is 5.46. The number of amides is 1. The Morgan fingerprint density at radius 2 is 2.05 bits per heavy atom. The van der Waals surface area contributed by atoms with Crippen molar-refractivity contribution >= 4 is 16.9 Å². The summed E-state index contributed by atoms with van der Waals surface area (Å²) in [5.74, 6) is -0.247. The molecule has 1 heterocycles. The van der Waals surface area contributed by atoms with Crippen LogP contribution < -0.4 is 5.32 Å². The van der Waals surface area contributed by atoms with Crippen molar-refractivity contribution in [3.05, 3.63) is 35.6 Å². The van der Waals surface area contributed by atoms with E-state index in [4.69, 9.17) is 4.42 Å². The van der Waals surface area contributed by atoms with Gasteiger partial charge in [0.15, 0.2) is 0 Å². The molecule has 0 bridgehead atoms. The molecule has 0 aliphatic rings. The van der Waals surface area contributed by atoms with E-state index in [-0.39, 0.29) is 25.5 Å². The predicted octanol–water partition coefficient (Wildman–Crippen LogP) is 1.53. The van der Waals surface area contributed by atoms with Gasteiger partial charge in [-0.15, -0.1) is 0 Å². The second kappa shape index (κ2) is 6.28. The van der Waals surface area contributed by atoms with E-state index in [0.717, 1.165) is 22.1 Å². The van der Waals surface area contributed by atoms with Gasteiger partial charge in [-0.1, -0.05) is 19.1 Å². The van der Waals surface area contributed by atoms with E-state index in [2.05, 4.69) is 5.32 Å². The molecule has 2 rings (SSSR count). The van der Waals surface area contributed by atoms with Crippen molar-refractivity contribution in [3.63, 3.8) is 0 Å². The van der Waals surface area contributed by atoms with Gasteiger partial charge < -0.3 is 19.9 Å². The Balaban J connectivity index is 2.15. The van der Waals surface area contributed by atoms with E-state index < -0.39 is 5.54 Å². The molecular formula is C16H21NO4. The van der Waals surface area contributed by atoms with Gasteiger partial charge in [-0.2, -0.15) is 0 Å². The van der Waals surface area contributed by atoms with Gasteiger partial charge in [0.2, 0.25) is 5.91 Å². The third kappa shape index (κ3) is 3.25. The van der Waals surface area contributed by atoms with Crippen molar-refractivity contribution in [2.24, 2.45) is 0 Å². The maximum atomic E-state index is 12.1.